The van der Waals surface area contributed by atoms with Crippen molar-refractivity contribution >= 4 is 11.9 Å². The average molecular weight is 198 g/mol. The molecule has 0 bridgehead atoms. The number of hydrogen-bond donors (Lipinski definition) is 0. The summed E-state index contributed by atoms with van der Waals surface area (Å²) < 4.78 is 9.70. The van der Waals surface area contributed by atoms with Gasteiger partial charge in [0.2, 0.25) is 0 Å². The molecule has 0 heterocycles. The molecule has 0 aromatic heterocycles. The van der Waals surface area contributed by atoms with Crippen LogP contribution in [0.4, 0.5) is 0 Å². The molecular weight excluding hydrogens is 184 g/mol. The highest BCUT2D eigenvalue weighted by Crippen LogP contribution is 2.25. The monoisotopic (exact) mass is 198 g/mol. The minimum atomic E-state index is -0.281. The summed E-state index contributed by atoms with van der Waals surface area (Å²) in [7, 11) is 0. The molecule has 0 amide bonds. The van der Waals surface area contributed by atoms with Crippen LogP contribution < -0.4 is 0 Å². The Morgan fingerprint density at radius 2 is 1.36 bits per heavy atom. The summed E-state index contributed by atoms with van der Waals surface area (Å²) in [4.78, 5) is 21.1. The van der Waals surface area contributed by atoms with E-state index in [9.17, 15) is 9.59 Å². The predicted molar refractivity (Wildman–Crippen MR) is 49.4 cm³/mol. The average Bonchev–Trinajstić information content (AvgIpc) is 2.01. The molecule has 0 N–H and O–H groups in total. The zero-order valence-electron chi connectivity index (χ0n) is 8.36. The van der Waals surface area contributed by atoms with Crippen molar-refractivity contribution in [2.75, 3.05) is 13.2 Å². The molecule has 0 fully saturated rings. The first kappa shape index (κ1) is 10.8. The fourth-order valence-electron chi connectivity index (χ4n) is 1.21. The second-order valence-electron chi connectivity index (χ2n) is 3.32. The van der Waals surface area contributed by atoms with Gasteiger partial charge in [0.25, 0.3) is 0 Å². The van der Waals surface area contributed by atoms with Crippen molar-refractivity contribution in [3.8, 4) is 0 Å². The van der Waals surface area contributed by atoms with Gasteiger partial charge in [0.15, 0.2) is 0 Å². The van der Waals surface area contributed by atoms with Gasteiger partial charge < -0.3 is 9.47 Å². The topological polar surface area (TPSA) is 52.6 Å². The van der Waals surface area contributed by atoms with Crippen LogP contribution in [0.15, 0.2) is 12.2 Å². The molecule has 0 aromatic rings. The van der Waals surface area contributed by atoms with E-state index in [0.717, 1.165) is 0 Å². The lowest BCUT2D eigenvalue weighted by molar-refractivity contribution is -0.146. The van der Waals surface area contributed by atoms with Crippen molar-refractivity contribution in [3.05, 3.63) is 12.2 Å². The van der Waals surface area contributed by atoms with Gasteiger partial charge in [0, 0.05) is 25.7 Å². The van der Waals surface area contributed by atoms with Crippen LogP contribution in [0.5, 0.6) is 0 Å². The van der Waals surface area contributed by atoms with E-state index < -0.39 is 0 Å². The predicted octanol–water partition coefficient (Wildman–Crippen LogP) is 0.915. The van der Waals surface area contributed by atoms with Gasteiger partial charge in [-0.2, -0.15) is 0 Å². The van der Waals surface area contributed by atoms with Gasteiger partial charge in [0.1, 0.15) is 0 Å². The Kier molecular flexibility index (Phi) is 3.68. The van der Waals surface area contributed by atoms with Gasteiger partial charge in [-0.1, -0.05) is 12.2 Å². The van der Waals surface area contributed by atoms with E-state index in [-0.39, 0.29) is 23.8 Å². The van der Waals surface area contributed by atoms with E-state index in [1.165, 1.54) is 13.8 Å². The van der Waals surface area contributed by atoms with Gasteiger partial charge >= 0.3 is 11.9 Å². The van der Waals surface area contributed by atoms with Gasteiger partial charge in [-0.05, 0) is 0 Å². The van der Waals surface area contributed by atoms with E-state index in [4.69, 9.17) is 9.47 Å². The van der Waals surface area contributed by atoms with Crippen LogP contribution in [0.1, 0.15) is 13.8 Å². The fraction of sp³-hybridized carbons (Fsp3) is 0.600. The summed E-state index contributed by atoms with van der Waals surface area (Å²) in [5.41, 5.74) is 0. The summed E-state index contributed by atoms with van der Waals surface area (Å²) in [5.74, 6) is -0.176. The molecule has 1 aliphatic carbocycles. The molecule has 0 aliphatic heterocycles. The maximum atomic E-state index is 10.5. The highest BCUT2D eigenvalue weighted by molar-refractivity contribution is 5.66. The van der Waals surface area contributed by atoms with Crippen LogP contribution >= 0.6 is 0 Å². The van der Waals surface area contributed by atoms with Crippen molar-refractivity contribution in [1.29, 1.82) is 0 Å². The van der Waals surface area contributed by atoms with E-state index in [2.05, 4.69) is 0 Å². The Morgan fingerprint density at radius 3 is 1.57 bits per heavy atom. The molecular formula is C10H14O4. The maximum absolute atomic E-state index is 10.5. The molecule has 2 atom stereocenters. The third kappa shape index (κ3) is 3.20. The van der Waals surface area contributed by atoms with Crippen LogP contribution in [0.25, 0.3) is 0 Å². The molecule has 0 aromatic carbocycles. The molecule has 1 rings (SSSR count). The highest BCUT2D eigenvalue weighted by Gasteiger charge is 2.25. The minimum Gasteiger partial charge on any atom is -0.465 e. The van der Waals surface area contributed by atoms with Crippen molar-refractivity contribution < 1.29 is 19.1 Å². The lowest BCUT2D eigenvalue weighted by Crippen LogP contribution is -2.29. The number of esters is 2. The maximum Gasteiger partial charge on any atom is 0.302 e. The van der Waals surface area contributed by atoms with E-state index >= 15 is 0 Å². The first-order valence-corrected chi connectivity index (χ1v) is 4.54. The first-order valence-electron chi connectivity index (χ1n) is 4.54. The van der Waals surface area contributed by atoms with E-state index in [1.807, 2.05) is 12.2 Å². The van der Waals surface area contributed by atoms with Crippen LogP contribution in [0.2, 0.25) is 0 Å². The molecule has 0 saturated carbocycles. The van der Waals surface area contributed by atoms with Crippen molar-refractivity contribution in [2.24, 2.45) is 11.8 Å². The lowest BCUT2D eigenvalue weighted by atomic mass is 9.83. The molecule has 4 nitrogen and oxygen atoms in total. The van der Waals surface area contributed by atoms with Gasteiger partial charge in [0.05, 0.1) is 13.2 Å². The zero-order chi connectivity index (χ0) is 10.6. The van der Waals surface area contributed by atoms with Crippen molar-refractivity contribution in [3.63, 3.8) is 0 Å². The van der Waals surface area contributed by atoms with Crippen LogP contribution in [0.3, 0.4) is 0 Å². The normalized spacial score (nSPS) is 23.9. The van der Waals surface area contributed by atoms with Gasteiger partial charge in [-0.25, -0.2) is 0 Å². The first-order chi connectivity index (χ1) is 6.59. The minimum absolute atomic E-state index is 0.193. The van der Waals surface area contributed by atoms with Crippen molar-refractivity contribution in [1.82, 2.24) is 0 Å². The molecule has 0 saturated heterocycles. The SMILES string of the molecule is CC(=O)OC[C@@H]1C=C[C@H]1COC(C)=O. The summed E-state index contributed by atoms with van der Waals surface area (Å²) in [6.45, 7) is 3.50. The van der Waals surface area contributed by atoms with Crippen LogP contribution in [-0.4, -0.2) is 25.2 Å². The Bertz CT molecular complexity index is 231. The van der Waals surface area contributed by atoms with Gasteiger partial charge in [-0.3, -0.25) is 9.59 Å². The molecule has 0 spiro atoms. The number of ether oxygens (including phenoxy) is 2. The van der Waals surface area contributed by atoms with Gasteiger partial charge in [-0.15, -0.1) is 0 Å². The smallest absolute Gasteiger partial charge is 0.302 e. The quantitative estimate of drug-likeness (QED) is 0.497. The molecule has 78 valence electrons. The molecule has 14 heavy (non-hydrogen) atoms. The number of hydrogen-bond acceptors (Lipinski definition) is 4. The van der Waals surface area contributed by atoms with Crippen LogP contribution in [-0.2, 0) is 19.1 Å². The number of carbonyl (C=O) groups is 2. The fourth-order valence-corrected chi connectivity index (χ4v) is 1.21. The molecule has 0 radical (unpaired) electrons. The summed E-state index contributed by atoms with van der Waals surface area (Å²) in [6, 6.07) is 0. The lowest BCUT2D eigenvalue weighted by Gasteiger charge is -2.28. The Hall–Kier alpha value is -1.32. The molecule has 4 heteroatoms. The number of rotatable bonds is 4. The van der Waals surface area contributed by atoms with Crippen molar-refractivity contribution in [2.45, 2.75) is 13.8 Å². The Labute approximate surface area is 82.9 Å². The second-order valence-corrected chi connectivity index (χ2v) is 3.32. The third-order valence-electron chi connectivity index (χ3n) is 2.11. The zero-order valence-corrected chi connectivity index (χ0v) is 8.36. The standard InChI is InChI=1S/C10H14O4/c1-7(11)13-5-9-3-4-10(9)6-14-8(2)12/h3-4,9-10H,5-6H2,1-2H3/t9-,10-/m0/s1. The summed E-state index contributed by atoms with van der Waals surface area (Å²) in [5, 5.41) is 0. The van der Waals surface area contributed by atoms with E-state index in [0.29, 0.717) is 13.2 Å². The summed E-state index contributed by atoms with van der Waals surface area (Å²) in [6.07, 6.45) is 3.91. The molecule has 1 aliphatic rings. The van der Waals surface area contributed by atoms with Crippen LogP contribution in [0, 0.1) is 11.8 Å². The second kappa shape index (κ2) is 4.79. The number of carbonyl (C=O) groups excluding carboxylic acids is 2. The van der Waals surface area contributed by atoms with E-state index in [1.54, 1.807) is 0 Å². The largest absolute Gasteiger partial charge is 0.465 e. The molecule has 0 unspecified atom stereocenters. The Balaban J connectivity index is 2.19. The third-order valence-corrected chi connectivity index (χ3v) is 2.11. The summed E-state index contributed by atoms with van der Waals surface area (Å²) >= 11 is 0. The highest BCUT2D eigenvalue weighted by atomic mass is 16.5. The Morgan fingerprint density at radius 1 is 1.00 bits per heavy atom.